The van der Waals surface area contributed by atoms with E-state index in [4.69, 9.17) is 54.9 Å². The molecule has 36 heavy (non-hydrogen) atoms. The van der Waals surface area contributed by atoms with Crippen LogP contribution in [0.1, 0.15) is 0 Å². The average Bonchev–Trinajstić information content (AvgIpc) is 2.91. The van der Waals surface area contributed by atoms with Gasteiger partial charge in [-0.05, 0) is 57.3 Å². The van der Waals surface area contributed by atoms with Gasteiger partial charge in [-0.3, -0.25) is 0 Å². The molecule has 0 bridgehead atoms. The fourth-order valence-corrected chi connectivity index (χ4v) is 4.48. The minimum absolute atomic E-state index is 0.166. The van der Waals surface area contributed by atoms with Crippen molar-refractivity contribution in [2.75, 3.05) is 5.32 Å². The van der Waals surface area contributed by atoms with Crippen molar-refractivity contribution in [1.29, 1.82) is 0 Å². The molecule has 1 N–H and O–H groups in total. The van der Waals surface area contributed by atoms with Crippen LogP contribution in [0.3, 0.4) is 0 Å². The van der Waals surface area contributed by atoms with E-state index in [0.29, 0.717) is 21.8 Å². The van der Waals surface area contributed by atoms with E-state index in [1.54, 1.807) is 0 Å². The van der Waals surface area contributed by atoms with Crippen molar-refractivity contribution in [1.82, 2.24) is 0 Å². The molecule has 0 aliphatic rings. The van der Waals surface area contributed by atoms with Gasteiger partial charge in [-0.1, -0.05) is 76.4 Å². The first-order chi connectivity index (χ1) is 17.3. The summed E-state index contributed by atoms with van der Waals surface area (Å²) in [7, 11) is 43.8. The summed E-state index contributed by atoms with van der Waals surface area (Å²) >= 11 is 0. The molecule has 5 aromatic carbocycles. The lowest BCUT2D eigenvalue weighted by molar-refractivity contribution is 1.54. The Morgan fingerprint density at radius 3 is 1.31 bits per heavy atom. The molecule has 0 aromatic heterocycles. The first-order valence-electron chi connectivity index (χ1n) is 11.3. The Bertz CT molecular complexity index is 1590. The molecular weight excluding hydrogens is 426 g/mol. The lowest BCUT2D eigenvalue weighted by Gasteiger charge is -2.25. The molecule has 0 atom stereocenters. The zero-order chi connectivity index (χ0) is 25.6. The summed E-state index contributed by atoms with van der Waals surface area (Å²) in [5.74, 6) is 0. The van der Waals surface area contributed by atoms with Crippen molar-refractivity contribution < 1.29 is 0 Å². The van der Waals surface area contributed by atoms with Crippen molar-refractivity contribution in [3.8, 4) is 22.3 Å². The number of hydrogen-bond acceptors (Lipinski definition) is 1. The molecule has 0 amide bonds. The minimum atomic E-state index is 0.166. The van der Waals surface area contributed by atoms with E-state index in [-0.39, 0.29) is 32.8 Å². The molecule has 0 saturated carbocycles. The smallest absolute Gasteiger partial charge is 0.113 e. The molecule has 152 valence electrons. The molecule has 0 aliphatic heterocycles. The van der Waals surface area contributed by atoms with Crippen LogP contribution in [0.15, 0.2) is 78.9 Å². The number of benzene rings is 5. The van der Waals surface area contributed by atoms with Crippen LogP contribution in [0, 0.1) is 0 Å². The Morgan fingerprint density at radius 2 is 0.778 bits per heavy atom. The summed E-state index contributed by atoms with van der Waals surface area (Å²) < 4.78 is 0. The quantitative estimate of drug-likeness (QED) is 0.371. The van der Waals surface area contributed by atoms with E-state index < -0.39 is 0 Å². The summed E-state index contributed by atoms with van der Waals surface area (Å²) in [6.45, 7) is 0. The van der Waals surface area contributed by atoms with Gasteiger partial charge in [0, 0.05) is 11.4 Å². The van der Waals surface area contributed by atoms with Crippen LogP contribution in [0.25, 0.3) is 33.0 Å². The predicted octanol–water partition coefficient (Wildman–Crippen LogP) is -0.526. The van der Waals surface area contributed by atoms with Crippen molar-refractivity contribution >= 4 is 115 Å². The summed E-state index contributed by atoms with van der Waals surface area (Å²) in [6.07, 6.45) is 0. The van der Waals surface area contributed by atoms with E-state index in [0.717, 1.165) is 22.5 Å². The van der Waals surface area contributed by atoms with Crippen molar-refractivity contribution in [2.45, 2.75) is 0 Å². The van der Waals surface area contributed by atoms with Gasteiger partial charge in [0.1, 0.15) is 54.9 Å². The molecule has 0 unspecified atom stereocenters. The largest absolute Gasteiger partial charge is 0.356 e. The topological polar surface area (TPSA) is 12.0 Å². The van der Waals surface area contributed by atoms with Gasteiger partial charge >= 0.3 is 0 Å². The fraction of sp³-hybridized carbons (Fsp3) is 0. The van der Waals surface area contributed by atoms with Gasteiger partial charge in [0.25, 0.3) is 0 Å². The number of rotatable bonds is 4. The Hall–Kier alpha value is -3.39. The van der Waals surface area contributed by atoms with Crippen LogP contribution in [-0.4, -0.2) is 54.9 Å². The number of fused-ring (bicyclic) bond motifs is 1. The van der Waals surface area contributed by atoms with Gasteiger partial charge in [-0.2, -0.15) is 0 Å². The van der Waals surface area contributed by atoms with Crippen molar-refractivity contribution in [3.63, 3.8) is 0 Å². The second-order valence-corrected chi connectivity index (χ2v) is 8.67. The van der Waals surface area contributed by atoms with E-state index in [1.807, 2.05) is 54.6 Å². The maximum Gasteiger partial charge on any atom is 0.113 e. The third kappa shape index (κ3) is 4.13. The number of nitrogens with one attached hydrogen (secondary N) is 1. The first kappa shape index (κ1) is 24.3. The van der Waals surface area contributed by atoms with E-state index in [1.165, 1.54) is 5.56 Å². The van der Waals surface area contributed by atoms with E-state index >= 15 is 0 Å². The van der Waals surface area contributed by atoms with Gasteiger partial charge in [-0.15, -0.1) is 16.4 Å². The third-order valence-electron chi connectivity index (χ3n) is 6.48. The van der Waals surface area contributed by atoms with Crippen LogP contribution < -0.4 is 43.6 Å². The van der Waals surface area contributed by atoms with Crippen LogP contribution >= 0.6 is 0 Å². The zero-order valence-electron chi connectivity index (χ0n) is 19.5. The maximum atomic E-state index is 6.42. The molecule has 14 radical (unpaired) electrons. The lowest BCUT2D eigenvalue weighted by atomic mass is 9.59. The highest BCUT2D eigenvalue weighted by atomic mass is 14.9. The molecule has 8 heteroatoms. The first-order valence-corrected chi connectivity index (χ1v) is 11.3. The Balaban J connectivity index is 1.52. The fourth-order valence-electron chi connectivity index (χ4n) is 4.48. The van der Waals surface area contributed by atoms with Crippen molar-refractivity contribution in [3.05, 3.63) is 78.9 Å². The van der Waals surface area contributed by atoms with E-state index in [2.05, 4.69) is 29.6 Å². The second kappa shape index (κ2) is 9.58. The molecular formula is C28H14B7N. The average molecular weight is 440 g/mol. The monoisotopic (exact) mass is 441 g/mol. The lowest BCUT2D eigenvalue weighted by Crippen LogP contribution is -2.52. The Kier molecular flexibility index (Phi) is 6.47. The van der Waals surface area contributed by atoms with E-state index in [9.17, 15) is 0 Å². The van der Waals surface area contributed by atoms with Crippen molar-refractivity contribution in [2.24, 2.45) is 0 Å². The SMILES string of the molecule is [B]c1c([B])c([B])c2c(-c3ccc(Nc4ccc(-c5ccccc5)cc4)cc3)c([B])c([B])c([B])c2c1[B]. The Labute approximate surface area is 221 Å². The van der Waals surface area contributed by atoms with Crippen LogP contribution in [0.5, 0.6) is 0 Å². The number of hydrogen-bond donors (Lipinski definition) is 1. The molecule has 0 spiro atoms. The van der Waals surface area contributed by atoms with Crippen LogP contribution in [-0.2, 0) is 0 Å². The number of anilines is 2. The molecule has 5 aromatic rings. The summed E-state index contributed by atoms with van der Waals surface area (Å²) in [4.78, 5) is 0. The normalized spacial score (nSPS) is 11.0. The third-order valence-corrected chi connectivity index (χ3v) is 6.48. The van der Waals surface area contributed by atoms with Crippen LogP contribution in [0.2, 0.25) is 0 Å². The molecule has 0 saturated heterocycles. The summed E-state index contributed by atoms with van der Waals surface area (Å²) in [5.41, 5.74) is 7.13. The van der Waals surface area contributed by atoms with Gasteiger partial charge in [0.2, 0.25) is 0 Å². The summed E-state index contributed by atoms with van der Waals surface area (Å²) in [6, 6.07) is 26.2. The highest BCUT2D eigenvalue weighted by Gasteiger charge is 2.18. The van der Waals surface area contributed by atoms with Gasteiger partial charge in [0.05, 0.1) is 0 Å². The van der Waals surface area contributed by atoms with Gasteiger partial charge in [0.15, 0.2) is 0 Å². The standard InChI is InChI=1S/C28H14B7N/c29-22-19(20-21(24(31)26(22)33)25(32)28(35)27(34)23(20)30)16-8-12-18(13-9-16)36-17-10-6-15(7-11-17)14-4-2-1-3-5-14/h1-13,36H. The highest BCUT2D eigenvalue weighted by molar-refractivity contribution is 6.71. The van der Waals surface area contributed by atoms with Gasteiger partial charge in [-0.25, -0.2) is 0 Å². The molecule has 0 heterocycles. The Morgan fingerprint density at radius 1 is 0.361 bits per heavy atom. The van der Waals surface area contributed by atoms with Crippen LogP contribution in [0.4, 0.5) is 11.4 Å². The molecule has 0 aliphatic carbocycles. The molecule has 5 rings (SSSR count). The highest BCUT2D eigenvalue weighted by Crippen LogP contribution is 2.27. The predicted molar refractivity (Wildman–Crippen MR) is 162 cm³/mol. The second-order valence-electron chi connectivity index (χ2n) is 8.67. The molecule has 0 fully saturated rings. The minimum Gasteiger partial charge on any atom is -0.356 e. The van der Waals surface area contributed by atoms with Gasteiger partial charge < -0.3 is 5.32 Å². The summed E-state index contributed by atoms with van der Waals surface area (Å²) in [5, 5.41) is 4.39. The maximum absolute atomic E-state index is 6.42. The molecule has 1 nitrogen and oxygen atoms in total. The zero-order valence-corrected chi connectivity index (χ0v) is 19.5.